The molecule has 3 nitrogen and oxygen atoms in total. The molecule has 2 heterocycles. The highest BCUT2D eigenvalue weighted by Gasteiger charge is 2.31. The first-order valence-corrected chi connectivity index (χ1v) is 8.33. The number of hydrogen-bond acceptors (Lipinski definition) is 2. The Morgan fingerprint density at radius 1 is 1.20 bits per heavy atom. The molecule has 1 aromatic heterocycles. The van der Waals surface area contributed by atoms with Crippen LogP contribution >= 0.6 is 12.4 Å². The summed E-state index contributed by atoms with van der Waals surface area (Å²) in [5.74, 6) is 1.34. The van der Waals surface area contributed by atoms with Crippen molar-refractivity contribution in [2.45, 2.75) is 44.8 Å². The number of imidazole rings is 1. The third kappa shape index (κ3) is 4.36. The third-order valence-corrected chi connectivity index (χ3v) is 4.51. The van der Waals surface area contributed by atoms with Gasteiger partial charge in [0.05, 0.1) is 11.3 Å². The van der Waals surface area contributed by atoms with Crippen molar-refractivity contribution in [2.24, 2.45) is 0 Å². The highest BCUT2D eigenvalue weighted by molar-refractivity contribution is 5.85. The maximum atomic E-state index is 13.0. The minimum atomic E-state index is -4.34. The van der Waals surface area contributed by atoms with Crippen LogP contribution in [0.1, 0.15) is 50.0 Å². The summed E-state index contributed by atoms with van der Waals surface area (Å²) >= 11 is 0. The molecule has 0 spiro atoms. The van der Waals surface area contributed by atoms with E-state index in [4.69, 9.17) is 4.98 Å². The van der Waals surface area contributed by atoms with Gasteiger partial charge in [-0.1, -0.05) is 12.1 Å². The number of benzene rings is 1. The molecule has 0 atom stereocenters. The summed E-state index contributed by atoms with van der Waals surface area (Å²) in [7, 11) is 0. The summed E-state index contributed by atoms with van der Waals surface area (Å²) in [5, 5.41) is 3.33. The molecule has 1 aliphatic heterocycles. The zero-order valence-electron chi connectivity index (χ0n) is 14.3. The Bertz CT molecular complexity index is 704. The zero-order chi connectivity index (χ0) is 17.3. The van der Waals surface area contributed by atoms with Crippen molar-refractivity contribution >= 4 is 12.4 Å². The molecule has 1 N–H and O–H groups in total. The summed E-state index contributed by atoms with van der Waals surface area (Å²) in [4.78, 5) is 4.72. The van der Waals surface area contributed by atoms with E-state index in [1.807, 2.05) is 6.20 Å². The van der Waals surface area contributed by atoms with Gasteiger partial charge in [0.15, 0.2) is 0 Å². The number of alkyl halides is 3. The fourth-order valence-electron chi connectivity index (χ4n) is 3.20. The first kappa shape index (κ1) is 19.8. The average Bonchev–Trinajstić information content (AvgIpc) is 3.01. The van der Waals surface area contributed by atoms with Crippen LogP contribution in [0.25, 0.3) is 11.3 Å². The van der Waals surface area contributed by atoms with Crippen molar-refractivity contribution in [3.63, 3.8) is 0 Å². The van der Waals surface area contributed by atoms with E-state index in [2.05, 4.69) is 23.7 Å². The lowest BCUT2D eigenvalue weighted by Gasteiger charge is -2.24. The minimum Gasteiger partial charge on any atom is -0.332 e. The lowest BCUT2D eigenvalue weighted by atomic mass is 9.97. The van der Waals surface area contributed by atoms with Gasteiger partial charge < -0.3 is 9.88 Å². The van der Waals surface area contributed by atoms with Crippen molar-refractivity contribution < 1.29 is 13.2 Å². The Labute approximate surface area is 152 Å². The van der Waals surface area contributed by atoms with E-state index in [1.54, 1.807) is 6.07 Å². The van der Waals surface area contributed by atoms with Crippen LogP contribution in [0, 0.1) is 0 Å². The molecule has 3 rings (SSSR count). The van der Waals surface area contributed by atoms with Crippen LogP contribution in [0.15, 0.2) is 30.5 Å². The predicted octanol–water partition coefficient (Wildman–Crippen LogP) is 5.04. The molecule has 0 bridgehead atoms. The molecule has 1 aliphatic rings. The van der Waals surface area contributed by atoms with E-state index in [0.717, 1.165) is 37.8 Å². The molecule has 0 saturated carbocycles. The number of rotatable bonds is 3. The van der Waals surface area contributed by atoms with E-state index in [1.165, 1.54) is 12.1 Å². The summed E-state index contributed by atoms with van der Waals surface area (Å²) < 4.78 is 41.0. The first-order chi connectivity index (χ1) is 11.4. The molecule has 7 heteroatoms. The Morgan fingerprint density at radius 3 is 2.48 bits per heavy atom. The van der Waals surface area contributed by atoms with Crippen LogP contribution < -0.4 is 5.32 Å². The molecule has 0 radical (unpaired) electrons. The lowest BCUT2D eigenvalue weighted by molar-refractivity contribution is -0.137. The standard InChI is InChI=1S/C18H22F3N3.ClH/c1-12(2)24-11-16(23-17(24)13-6-8-22-9-7-13)14-4-3-5-15(10-14)18(19,20)21;/h3-5,10-13,22H,6-9H2,1-2H3;1H. The van der Waals surface area contributed by atoms with Crippen LogP contribution in [0.5, 0.6) is 0 Å². The lowest BCUT2D eigenvalue weighted by Crippen LogP contribution is -2.28. The number of nitrogens with zero attached hydrogens (tertiary/aromatic N) is 2. The number of aromatic nitrogens is 2. The Balaban J connectivity index is 0.00000225. The van der Waals surface area contributed by atoms with Crippen LogP contribution in [-0.4, -0.2) is 22.6 Å². The Kier molecular flexibility index (Phi) is 6.16. The molecule has 0 aliphatic carbocycles. The molecule has 138 valence electrons. The fourth-order valence-corrected chi connectivity index (χ4v) is 3.20. The summed E-state index contributed by atoms with van der Waals surface area (Å²) in [6, 6.07) is 5.63. The number of nitrogens with one attached hydrogen (secondary N) is 1. The molecular formula is C18H23ClF3N3. The summed E-state index contributed by atoms with van der Waals surface area (Å²) in [5.41, 5.74) is 0.491. The molecule has 0 unspecified atom stereocenters. The van der Waals surface area contributed by atoms with E-state index in [9.17, 15) is 13.2 Å². The first-order valence-electron chi connectivity index (χ1n) is 8.33. The molecule has 2 aromatic rings. The molecule has 1 fully saturated rings. The van der Waals surface area contributed by atoms with Crippen LogP contribution in [-0.2, 0) is 6.18 Å². The maximum Gasteiger partial charge on any atom is 0.416 e. The van der Waals surface area contributed by atoms with E-state index >= 15 is 0 Å². The normalized spacial score (nSPS) is 16.1. The van der Waals surface area contributed by atoms with Crippen molar-refractivity contribution in [3.8, 4) is 11.3 Å². The van der Waals surface area contributed by atoms with Crippen LogP contribution in [0.2, 0.25) is 0 Å². The Hall–Kier alpha value is -1.53. The second-order valence-corrected chi connectivity index (χ2v) is 6.59. The topological polar surface area (TPSA) is 29.9 Å². The van der Waals surface area contributed by atoms with Gasteiger partial charge in [-0.2, -0.15) is 13.2 Å². The van der Waals surface area contributed by atoms with Gasteiger partial charge >= 0.3 is 6.18 Å². The molecule has 25 heavy (non-hydrogen) atoms. The van der Waals surface area contributed by atoms with Crippen molar-refractivity contribution in [1.82, 2.24) is 14.9 Å². The fraction of sp³-hybridized carbons (Fsp3) is 0.500. The highest BCUT2D eigenvalue weighted by atomic mass is 35.5. The van der Waals surface area contributed by atoms with E-state index in [0.29, 0.717) is 17.2 Å². The number of hydrogen-bond donors (Lipinski definition) is 1. The maximum absolute atomic E-state index is 13.0. The van der Waals surface area contributed by atoms with Gasteiger partial charge in [-0.15, -0.1) is 12.4 Å². The van der Waals surface area contributed by atoms with Crippen molar-refractivity contribution in [1.29, 1.82) is 0 Å². The van der Waals surface area contributed by atoms with Gasteiger partial charge in [-0.05, 0) is 51.9 Å². The van der Waals surface area contributed by atoms with Crippen molar-refractivity contribution in [3.05, 3.63) is 41.9 Å². The molecule has 1 saturated heterocycles. The smallest absolute Gasteiger partial charge is 0.332 e. The van der Waals surface area contributed by atoms with Crippen molar-refractivity contribution in [2.75, 3.05) is 13.1 Å². The average molecular weight is 374 g/mol. The number of piperidine rings is 1. The van der Waals surface area contributed by atoms with Gasteiger partial charge in [0, 0.05) is 23.7 Å². The van der Waals surface area contributed by atoms with E-state index < -0.39 is 11.7 Å². The van der Waals surface area contributed by atoms with Gasteiger partial charge in [-0.25, -0.2) is 4.98 Å². The van der Waals surface area contributed by atoms with Gasteiger partial charge in [0.25, 0.3) is 0 Å². The quantitative estimate of drug-likeness (QED) is 0.816. The van der Waals surface area contributed by atoms with Crippen LogP contribution in [0.3, 0.4) is 0 Å². The second kappa shape index (κ2) is 7.79. The van der Waals surface area contributed by atoms with E-state index in [-0.39, 0.29) is 18.4 Å². The third-order valence-electron chi connectivity index (χ3n) is 4.51. The largest absolute Gasteiger partial charge is 0.416 e. The SMILES string of the molecule is CC(C)n1cc(-c2cccc(C(F)(F)F)c2)nc1C1CCNCC1.Cl. The highest BCUT2D eigenvalue weighted by Crippen LogP contribution is 2.34. The molecular weight excluding hydrogens is 351 g/mol. The second-order valence-electron chi connectivity index (χ2n) is 6.59. The Morgan fingerprint density at radius 2 is 1.88 bits per heavy atom. The minimum absolute atomic E-state index is 0. The summed E-state index contributed by atoms with van der Waals surface area (Å²) in [6.07, 6.45) is -0.441. The monoisotopic (exact) mass is 373 g/mol. The van der Waals surface area contributed by atoms with Gasteiger partial charge in [0.1, 0.15) is 5.82 Å². The van der Waals surface area contributed by atoms with Crippen LogP contribution in [0.4, 0.5) is 13.2 Å². The van der Waals surface area contributed by atoms with Gasteiger partial charge in [0.2, 0.25) is 0 Å². The summed E-state index contributed by atoms with van der Waals surface area (Å²) in [6.45, 7) is 6.05. The predicted molar refractivity (Wildman–Crippen MR) is 95.1 cm³/mol. The molecule has 0 amide bonds. The zero-order valence-corrected chi connectivity index (χ0v) is 15.1. The number of halogens is 4. The van der Waals surface area contributed by atoms with Gasteiger partial charge in [-0.3, -0.25) is 0 Å². The molecule has 1 aromatic carbocycles.